The van der Waals surface area contributed by atoms with Crippen LogP contribution in [0, 0.1) is 11.3 Å². The van der Waals surface area contributed by atoms with E-state index >= 15 is 0 Å². The van der Waals surface area contributed by atoms with E-state index in [4.69, 9.17) is 5.73 Å². The lowest BCUT2D eigenvalue weighted by molar-refractivity contribution is 1.14. The molecule has 0 atom stereocenters. The van der Waals surface area contributed by atoms with Gasteiger partial charge in [-0.15, -0.1) is 0 Å². The molecule has 0 aliphatic heterocycles. The molecule has 4 heterocycles. The predicted octanol–water partition coefficient (Wildman–Crippen LogP) is 3.46. The number of benzene rings is 1. The molecule has 0 radical (unpaired) electrons. The van der Waals surface area contributed by atoms with Crippen molar-refractivity contribution in [1.29, 1.82) is 5.26 Å². The van der Waals surface area contributed by atoms with E-state index < -0.39 is 0 Å². The molecule has 0 saturated carbocycles. The van der Waals surface area contributed by atoms with Gasteiger partial charge in [0.15, 0.2) is 11.5 Å². The molecule has 0 bridgehead atoms. The number of fused-ring (bicyclic) bond motifs is 2. The van der Waals surface area contributed by atoms with Gasteiger partial charge in [-0.1, -0.05) is 12.1 Å². The summed E-state index contributed by atoms with van der Waals surface area (Å²) in [6.07, 6.45) is 8.50. The molecule has 132 valence electrons. The van der Waals surface area contributed by atoms with Gasteiger partial charge in [-0.25, -0.2) is 9.97 Å². The number of nitriles is 1. The molecule has 0 unspecified atom stereocenters. The maximum Gasteiger partial charge on any atom is 0.180 e. The minimum Gasteiger partial charge on any atom is -0.381 e. The van der Waals surface area contributed by atoms with E-state index in [1.54, 1.807) is 24.7 Å². The van der Waals surface area contributed by atoms with Crippen molar-refractivity contribution in [1.82, 2.24) is 24.3 Å². The van der Waals surface area contributed by atoms with E-state index in [0.717, 1.165) is 22.2 Å². The van der Waals surface area contributed by atoms with Crippen molar-refractivity contribution in [2.75, 3.05) is 5.73 Å². The molecule has 0 spiro atoms. The summed E-state index contributed by atoms with van der Waals surface area (Å²) in [5, 5.41) is 10.3. The fourth-order valence-electron chi connectivity index (χ4n) is 3.34. The van der Waals surface area contributed by atoms with Crippen LogP contribution in [-0.2, 0) is 0 Å². The van der Waals surface area contributed by atoms with E-state index in [2.05, 4.69) is 32.1 Å². The first-order valence-corrected chi connectivity index (χ1v) is 8.58. The number of nitrogen functional groups attached to an aromatic ring is 1. The van der Waals surface area contributed by atoms with Gasteiger partial charge in [-0.3, -0.25) is 14.4 Å². The van der Waals surface area contributed by atoms with Crippen LogP contribution in [-0.4, -0.2) is 24.3 Å². The highest BCUT2D eigenvalue weighted by Gasteiger charge is 2.17. The van der Waals surface area contributed by atoms with Gasteiger partial charge < -0.3 is 5.73 Å². The minimum absolute atomic E-state index is 0.313. The molecule has 5 rings (SSSR count). The Hall–Kier alpha value is -4.31. The van der Waals surface area contributed by atoms with Crippen molar-refractivity contribution < 1.29 is 0 Å². The van der Waals surface area contributed by atoms with Crippen LogP contribution in [0.25, 0.3) is 39.1 Å². The van der Waals surface area contributed by atoms with Gasteiger partial charge in [0.2, 0.25) is 0 Å². The second-order valence-corrected chi connectivity index (χ2v) is 6.30. The number of rotatable bonds is 2. The Morgan fingerprint density at radius 1 is 1.00 bits per heavy atom. The summed E-state index contributed by atoms with van der Waals surface area (Å²) < 4.78 is 1.91. The fraction of sp³-hybridized carbons (Fsp3) is 0. The van der Waals surface area contributed by atoms with Crippen molar-refractivity contribution >= 4 is 22.4 Å². The highest BCUT2D eigenvalue weighted by Crippen LogP contribution is 2.34. The summed E-state index contributed by atoms with van der Waals surface area (Å²) in [5.41, 5.74) is 11.2. The molecule has 2 N–H and O–H groups in total. The third-order valence-electron chi connectivity index (χ3n) is 4.58. The van der Waals surface area contributed by atoms with Gasteiger partial charge in [0.1, 0.15) is 6.07 Å². The van der Waals surface area contributed by atoms with Gasteiger partial charge in [0.05, 0.1) is 22.5 Å². The molecule has 7 heteroatoms. The smallest absolute Gasteiger partial charge is 0.180 e. The van der Waals surface area contributed by atoms with Gasteiger partial charge in [0.25, 0.3) is 0 Å². The van der Waals surface area contributed by atoms with E-state index in [1.165, 1.54) is 6.20 Å². The highest BCUT2D eigenvalue weighted by molar-refractivity contribution is 5.89. The summed E-state index contributed by atoms with van der Waals surface area (Å²) in [6, 6.07) is 13.8. The minimum atomic E-state index is 0.313. The number of pyridine rings is 2. The van der Waals surface area contributed by atoms with Crippen LogP contribution in [0.5, 0.6) is 0 Å². The zero-order chi connectivity index (χ0) is 19.1. The van der Waals surface area contributed by atoms with Crippen molar-refractivity contribution in [3.8, 4) is 28.6 Å². The van der Waals surface area contributed by atoms with E-state index in [9.17, 15) is 5.26 Å². The molecular formula is C21H13N7. The summed E-state index contributed by atoms with van der Waals surface area (Å²) in [7, 11) is 0. The Bertz CT molecular complexity index is 1400. The Labute approximate surface area is 159 Å². The molecule has 0 amide bonds. The summed E-state index contributed by atoms with van der Waals surface area (Å²) in [5.74, 6) is 0.313. The fourth-order valence-corrected chi connectivity index (χ4v) is 3.34. The van der Waals surface area contributed by atoms with Crippen molar-refractivity contribution in [3.63, 3.8) is 0 Å². The van der Waals surface area contributed by atoms with Crippen LogP contribution >= 0.6 is 0 Å². The second-order valence-electron chi connectivity index (χ2n) is 6.30. The first kappa shape index (κ1) is 15.9. The quantitative estimate of drug-likeness (QED) is 0.515. The normalized spacial score (nSPS) is 11.0. The maximum absolute atomic E-state index is 9.25. The van der Waals surface area contributed by atoms with Crippen molar-refractivity contribution in [3.05, 3.63) is 72.9 Å². The SMILES string of the molecule is N#Cc1cncc(-c2nc(N)c3nccn3c2-c2ccc3ncccc3c2)c1. The number of imidazole rings is 1. The topological polar surface area (TPSA) is 106 Å². The zero-order valence-corrected chi connectivity index (χ0v) is 14.6. The van der Waals surface area contributed by atoms with Gasteiger partial charge >= 0.3 is 0 Å². The van der Waals surface area contributed by atoms with Crippen LogP contribution in [0.4, 0.5) is 5.82 Å². The number of aromatic nitrogens is 5. The first-order chi connectivity index (χ1) is 13.7. The van der Waals surface area contributed by atoms with Crippen LogP contribution < -0.4 is 5.73 Å². The summed E-state index contributed by atoms with van der Waals surface area (Å²) in [4.78, 5) is 17.5. The van der Waals surface area contributed by atoms with Crippen molar-refractivity contribution in [2.24, 2.45) is 0 Å². The third kappa shape index (κ3) is 2.44. The Morgan fingerprint density at radius 3 is 2.82 bits per heavy atom. The molecule has 0 aliphatic carbocycles. The van der Waals surface area contributed by atoms with Gasteiger partial charge in [0, 0.05) is 47.5 Å². The average Bonchev–Trinajstić information content (AvgIpc) is 3.24. The molecule has 7 nitrogen and oxygen atoms in total. The number of nitrogens with two attached hydrogens (primary N) is 1. The molecule has 5 aromatic rings. The summed E-state index contributed by atoms with van der Waals surface area (Å²) >= 11 is 0. The molecule has 4 aromatic heterocycles. The monoisotopic (exact) mass is 363 g/mol. The summed E-state index contributed by atoms with van der Waals surface area (Å²) in [6.45, 7) is 0. The number of anilines is 1. The zero-order valence-electron chi connectivity index (χ0n) is 14.6. The highest BCUT2D eigenvalue weighted by atomic mass is 15.1. The Morgan fingerprint density at radius 2 is 1.93 bits per heavy atom. The standard InChI is InChI=1S/C21H13N7/c22-10-13-8-16(12-24-11-13)18-19(28-7-6-26-21(28)20(23)27-18)15-3-4-17-14(9-15)2-1-5-25-17/h1-9,11-12H,(H2,23,27). The Balaban J connectivity index is 1.86. The van der Waals surface area contributed by atoms with E-state index in [-0.39, 0.29) is 0 Å². The lowest BCUT2D eigenvalue weighted by Crippen LogP contribution is -2.04. The first-order valence-electron chi connectivity index (χ1n) is 8.58. The van der Waals surface area contributed by atoms with Crippen molar-refractivity contribution in [2.45, 2.75) is 0 Å². The van der Waals surface area contributed by atoms with Crippen LogP contribution in [0.2, 0.25) is 0 Å². The molecule has 0 fully saturated rings. The van der Waals surface area contributed by atoms with Crippen LogP contribution in [0.15, 0.2) is 67.4 Å². The van der Waals surface area contributed by atoms with E-state index in [1.807, 2.05) is 34.9 Å². The number of nitrogens with zero attached hydrogens (tertiary/aromatic N) is 6. The van der Waals surface area contributed by atoms with Crippen LogP contribution in [0.3, 0.4) is 0 Å². The van der Waals surface area contributed by atoms with Crippen LogP contribution in [0.1, 0.15) is 5.56 Å². The number of hydrogen-bond acceptors (Lipinski definition) is 6. The Kier molecular flexibility index (Phi) is 3.49. The molecular weight excluding hydrogens is 350 g/mol. The lowest BCUT2D eigenvalue weighted by atomic mass is 10.0. The number of hydrogen-bond donors (Lipinski definition) is 1. The predicted molar refractivity (Wildman–Crippen MR) is 106 cm³/mol. The van der Waals surface area contributed by atoms with Gasteiger partial charge in [-0.2, -0.15) is 5.26 Å². The van der Waals surface area contributed by atoms with Gasteiger partial charge in [-0.05, 0) is 24.3 Å². The average molecular weight is 363 g/mol. The molecule has 28 heavy (non-hydrogen) atoms. The third-order valence-corrected chi connectivity index (χ3v) is 4.58. The maximum atomic E-state index is 9.25. The van der Waals surface area contributed by atoms with E-state index in [0.29, 0.717) is 28.3 Å². The molecule has 1 aromatic carbocycles. The molecule has 0 aliphatic rings. The lowest BCUT2D eigenvalue weighted by Gasteiger charge is -2.14. The second kappa shape index (κ2) is 6.14. The molecule has 0 saturated heterocycles. The largest absolute Gasteiger partial charge is 0.381 e.